The fourth-order valence-corrected chi connectivity index (χ4v) is 1.55. The van der Waals surface area contributed by atoms with Gasteiger partial charge in [0.25, 0.3) is 0 Å². The van der Waals surface area contributed by atoms with Crippen LogP contribution in [-0.2, 0) is 5.41 Å². The van der Waals surface area contributed by atoms with Crippen LogP contribution >= 0.6 is 11.6 Å². The van der Waals surface area contributed by atoms with Crippen molar-refractivity contribution in [3.8, 4) is 5.75 Å². The van der Waals surface area contributed by atoms with Crippen LogP contribution in [0.5, 0.6) is 5.75 Å². The Bertz CT molecular complexity index is 419. The zero-order chi connectivity index (χ0) is 12.5. The Hall–Kier alpha value is -1.06. The van der Waals surface area contributed by atoms with Crippen LogP contribution in [0.15, 0.2) is 12.1 Å². The summed E-state index contributed by atoms with van der Waals surface area (Å²) in [5, 5.41) is 18.5. The standard InChI is InChI=1S/C12H15ClO3/c1-12(2,3)7-4-8(10(15)6-14)11(16)9(13)5-7/h4-5,14,16H,6H2,1-3H3. The molecule has 0 atom stereocenters. The van der Waals surface area contributed by atoms with E-state index in [4.69, 9.17) is 16.7 Å². The molecule has 1 aromatic carbocycles. The van der Waals surface area contributed by atoms with E-state index in [0.717, 1.165) is 5.56 Å². The predicted octanol–water partition coefficient (Wildman–Crippen LogP) is 2.52. The highest BCUT2D eigenvalue weighted by molar-refractivity contribution is 6.32. The smallest absolute Gasteiger partial charge is 0.191 e. The number of halogens is 1. The van der Waals surface area contributed by atoms with Crippen molar-refractivity contribution in [1.29, 1.82) is 0 Å². The molecule has 0 aromatic heterocycles. The van der Waals surface area contributed by atoms with Crippen molar-refractivity contribution < 1.29 is 15.0 Å². The molecule has 3 nitrogen and oxygen atoms in total. The number of ketones is 1. The minimum Gasteiger partial charge on any atom is -0.506 e. The summed E-state index contributed by atoms with van der Waals surface area (Å²) in [5.41, 5.74) is 0.731. The van der Waals surface area contributed by atoms with Crippen LogP contribution in [0.25, 0.3) is 0 Å². The summed E-state index contributed by atoms with van der Waals surface area (Å²) in [6.45, 7) is 5.28. The molecule has 0 unspecified atom stereocenters. The van der Waals surface area contributed by atoms with E-state index in [-0.39, 0.29) is 21.8 Å². The van der Waals surface area contributed by atoms with Gasteiger partial charge in [0, 0.05) is 0 Å². The Morgan fingerprint density at radius 1 is 1.38 bits per heavy atom. The number of hydrogen-bond acceptors (Lipinski definition) is 3. The van der Waals surface area contributed by atoms with E-state index in [1.165, 1.54) is 0 Å². The number of phenolic OH excluding ortho intramolecular Hbond substituents is 1. The molecule has 1 rings (SSSR count). The van der Waals surface area contributed by atoms with Gasteiger partial charge in [-0.25, -0.2) is 0 Å². The molecule has 4 heteroatoms. The zero-order valence-electron chi connectivity index (χ0n) is 9.54. The van der Waals surface area contributed by atoms with Crippen LogP contribution in [0.2, 0.25) is 5.02 Å². The molecular weight excluding hydrogens is 228 g/mol. The topological polar surface area (TPSA) is 57.5 Å². The Balaban J connectivity index is 3.39. The first-order chi connectivity index (χ1) is 7.27. The van der Waals surface area contributed by atoms with Crippen LogP contribution in [0.3, 0.4) is 0 Å². The fraction of sp³-hybridized carbons (Fsp3) is 0.417. The summed E-state index contributed by atoms with van der Waals surface area (Å²) < 4.78 is 0. The fourth-order valence-electron chi connectivity index (χ4n) is 1.33. The Kier molecular flexibility index (Phi) is 3.61. The summed E-state index contributed by atoms with van der Waals surface area (Å²) >= 11 is 5.84. The van der Waals surface area contributed by atoms with Gasteiger partial charge in [0.05, 0.1) is 10.6 Å². The molecule has 16 heavy (non-hydrogen) atoms. The normalized spacial score (nSPS) is 11.6. The van der Waals surface area contributed by atoms with Crippen molar-refractivity contribution in [3.63, 3.8) is 0 Å². The van der Waals surface area contributed by atoms with Crippen molar-refractivity contribution in [2.45, 2.75) is 26.2 Å². The van der Waals surface area contributed by atoms with Gasteiger partial charge in [0.2, 0.25) is 0 Å². The molecule has 0 heterocycles. The van der Waals surface area contributed by atoms with E-state index in [1.807, 2.05) is 20.8 Å². The molecule has 0 fully saturated rings. The highest BCUT2D eigenvalue weighted by Gasteiger charge is 2.20. The number of carbonyl (C=O) groups excluding carboxylic acids is 1. The van der Waals surface area contributed by atoms with E-state index < -0.39 is 12.4 Å². The highest BCUT2D eigenvalue weighted by Crippen LogP contribution is 2.34. The monoisotopic (exact) mass is 242 g/mol. The molecular formula is C12H15ClO3. The van der Waals surface area contributed by atoms with Gasteiger partial charge in [-0.1, -0.05) is 32.4 Å². The Labute approximate surface area is 99.7 Å². The molecule has 0 aliphatic rings. The van der Waals surface area contributed by atoms with Crippen LogP contribution in [0.4, 0.5) is 0 Å². The number of aliphatic hydroxyl groups is 1. The van der Waals surface area contributed by atoms with Crippen LogP contribution < -0.4 is 0 Å². The molecule has 0 bridgehead atoms. The second kappa shape index (κ2) is 4.44. The SMILES string of the molecule is CC(C)(C)c1cc(Cl)c(O)c(C(=O)CO)c1. The van der Waals surface area contributed by atoms with Gasteiger partial charge < -0.3 is 10.2 Å². The van der Waals surface area contributed by atoms with Crippen molar-refractivity contribution in [1.82, 2.24) is 0 Å². The van der Waals surface area contributed by atoms with Gasteiger partial charge in [-0.15, -0.1) is 0 Å². The number of Topliss-reactive ketones (excluding diaryl/α,β-unsaturated/α-hetero) is 1. The summed E-state index contributed by atoms with van der Waals surface area (Å²) in [7, 11) is 0. The number of benzene rings is 1. The summed E-state index contributed by atoms with van der Waals surface area (Å²) in [6, 6.07) is 3.20. The average molecular weight is 243 g/mol. The Morgan fingerprint density at radius 2 is 1.94 bits per heavy atom. The maximum atomic E-state index is 11.4. The van der Waals surface area contributed by atoms with Crippen LogP contribution in [0.1, 0.15) is 36.7 Å². The first kappa shape index (κ1) is 13.0. The molecule has 0 aliphatic heterocycles. The first-order valence-corrected chi connectivity index (χ1v) is 5.32. The molecule has 0 saturated carbocycles. The maximum absolute atomic E-state index is 11.4. The van der Waals surface area contributed by atoms with Gasteiger partial charge in [0.15, 0.2) is 5.78 Å². The van der Waals surface area contributed by atoms with E-state index in [0.29, 0.717) is 0 Å². The number of hydrogen-bond donors (Lipinski definition) is 2. The summed E-state index contributed by atoms with van der Waals surface area (Å²) in [6.07, 6.45) is 0. The average Bonchev–Trinajstić information content (AvgIpc) is 2.19. The number of phenols is 1. The van der Waals surface area contributed by atoms with Gasteiger partial charge in [-0.2, -0.15) is 0 Å². The quantitative estimate of drug-likeness (QED) is 0.784. The molecule has 1 aromatic rings. The van der Waals surface area contributed by atoms with Gasteiger partial charge in [0.1, 0.15) is 12.4 Å². The lowest BCUT2D eigenvalue weighted by molar-refractivity contribution is 0.0901. The maximum Gasteiger partial charge on any atom is 0.191 e. The minimum atomic E-state index is -0.641. The van der Waals surface area contributed by atoms with Crippen molar-refractivity contribution in [3.05, 3.63) is 28.3 Å². The van der Waals surface area contributed by atoms with E-state index in [9.17, 15) is 9.90 Å². The molecule has 88 valence electrons. The lowest BCUT2D eigenvalue weighted by Gasteiger charge is -2.20. The third kappa shape index (κ3) is 2.54. The first-order valence-electron chi connectivity index (χ1n) is 4.94. The van der Waals surface area contributed by atoms with Gasteiger partial charge in [-0.3, -0.25) is 4.79 Å². The lowest BCUT2D eigenvalue weighted by atomic mass is 9.85. The predicted molar refractivity (Wildman–Crippen MR) is 63.2 cm³/mol. The van der Waals surface area contributed by atoms with Gasteiger partial charge >= 0.3 is 0 Å². The van der Waals surface area contributed by atoms with Crippen LogP contribution in [-0.4, -0.2) is 22.6 Å². The Morgan fingerprint density at radius 3 is 2.38 bits per heavy atom. The zero-order valence-corrected chi connectivity index (χ0v) is 10.3. The van der Waals surface area contributed by atoms with E-state index >= 15 is 0 Å². The summed E-state index contributed by atoms with van der Waals surface area (Å²) in [4.78, 5) is 11.4. The van der Waals surface area contributed by atoms with Crippen molar-refractivity contribution >= 4 is 17.4 Å². The number of aromatic hydroxyl groups is 1. The van der Waals surface area contributed by atoms with Crippen molar-refractivity contribution in [2.75, 3.05) is 6.61 Å². The second-order valence-electron chi connectivity index (χ2n) is 4.69. The molecule has 0 spiro atoms. The molecule has 0 radical (unpaired) electrons. The highest BCUT2D eigenvalue weighted by atomic mass is 35.5. The third-order valence-electron chi connectivity index (χ3n) is 2.37. The van der Waals surface area contributed by atoms with Gasteiger partial charge in [-0.05, 0) is 23.1 Å². The van der Waals surface area contributed by atoms with Crippen molar-refractivity contribution in [2.24, 2.45) is 0 Å². The summed E-state index contributed by atoms with van der Waals surface area (Å²) in [5.74, 6) is -0.806. The van der Waals surface area contributed by atoms with E-state index in [1.54, 1.807) is 12.1 Å². The lowest BCUT2D eigenvalue weighted by Crippen LogP contribution is -2.13. The minimum absolute atomic E-state index is 0.0694. The van der Waals surface area contributed by atoms with E-state index in [2.05, 4.69) is 0 Å². The number of aliphatic hydroxyl groups excluding tert-OH is 1. The van der Waals surface area contributed by atoms with Crippen LogP contribution in [0, 0.1) is 0 Å². The largest absolute Gasteiger partial charge is 0.506 e. The third-order valence-corrected chi connectivity index (χ3v) is 2.66. The number of rotatable bonds is 2. The molecule has 0 amide bonds. The second-order valence-corrected chi connectivity index (χ2v) is 5.09. The molecule has 0 aliphatic carbocycles. The molecule has 0 saturated heterocycles. The number of carbonyl (C=O) groups is 1. The molecule has 2 N–H and O–H groups in total.